The molecule has 6 nitrogen and oxygen atoms in total. The Morgan fingerprint density at radius 3 is 2.78 bits per heavy atom. The molecule has 0 bridgehead atoms. The fraction of sp³-hybridized carbons (Fsp3) is 0.583. The highest BCUT2D eigenvalue weighted by Gasteiger charge is 2.35. The van der Waals surface area contributed by atoms with Gasteiger partial charge in [0.25, 0.3) is 0 Å². The van der Waals surface area contributed by atoms with Gasteiger partial charge in [-0.2, -0.15) is 0 Å². The summed E-state index contributed by atoms with van der Waals surface area (Å²) in [7, 11) is 2.03. The highest BCUT2D eigenvalue weighted by Crippen LogP contribution is 2.19. The molecule has 0 radical (unpaired) electrons. The second-order valence-corrected chi connectivity index (χ2v) is 4.56. The number of aliphatic imine (C=N–C) groups is 1. The van der Waals surface area contributed by atoms with Gasteiger partial charge in [-0.15, -0.1) is 5.10 Å². The number of quaternary nitrogens is 1. The van der Waals surface area contributed by atoms with Crippen LogP contribution in [0.25, 0.3) is 0 Å². The Bertz CT molecular complexity index is 418. The van der Waals surface area contributed by atoms with Crippen LogP contribution < -0.4 is 5.32 Å². The van der Waals surface area contributed by atoms with Crippen LogP contribution >= 0.6 is 0 Å². The van der Waals surface area contributed by atoms with Crippen molar-refractivity contribution < 1.29 is 4.48 Å². The van der Waals surface area contributed by atoms with Crippen molar-refractivity contribution in [3.63, 3.8) is 0 Å². The lowest BCUT2D eigenvalue weighted by atomic mass is 10.3. The minimum absolute atomic E-state index is 0.497. The van der Waals surface area contributed by atoms with E-state index in [-0.39, 0.29) is 0 Å². The van der Waals surface area contributed by atoms with E-state index in [1.807, 2.05) is 19.6 Å². The van der Waals surface area contributed by atoms with Crippen LogP contribution in [0.3, 0.4) is 0 Å². The van der Waals surface area contributed by atoms with Crippen molar-refractivity contribution in [3.05, 3.63) is 11.9 Å². The van der Waals surface area contributed by atoms with Crippen LogP contribution in [-0.4, -0.2) is 61.1 Å². The van der Waals surface area contributed by atoms with Gasteiger partial charge in [-0.05, 0) is 13.1 Å². The zero-order valence-electron chi connectivity index (χ0n) is 11.3. The van der Waals surface area contributed by atoms with Crippen LogP contribution in [0.15, 0.2) is 27.1 Å². The zero-order valence-corrected chi connectivity index (χ0v) is 11.3. The lowest BCUT2D eigenvalue weighted by molar-refractivity contribution is -0.655. The molecule has 2 rings (SSSR count). The topological polar surface area (TPSA) is 52.3 Å². The first-order valence-corrected chi connectivity index (χ1v) is 6.39. The average Bonchev–Trinajstić information content (AvgIpc) is 2.77. The maximum Gasteiger partial charge on any atom is 0.221 e. The summed E-state index contributed by atoms with van der Waals surface area (Å²) in [4.78, 5) is 6.56. The number of fused-ring (bicyclic) bond motifs is 1. The molecule has 1 unspecified atom stereocenters. The number of nitrogens with one attached hydrogen (secondary N) is 1. The Morgan fingerprint density at radius 1 is 1.28 bits per heavy atom. The maximum atomic E-state index is 4.19. The third kappa shape index (κ3) is 2.49. The molecule has 0 fully saturated rings. The molecule has 0 aromatic rings. The maximum absolute atomic E-state index is 4.19. The van der Waals surface area contributed by atoms with E-state index < -0.39 is 0 Å². The van der Waals surface area contributed by atoms with Crippen molar-refractivity contribution in [3.8, 4) is 0 Å². The van der Waals surface area contributed by atoms with Crippen LogP contribution in [0.1, 0.15) is 13.8 Å². The first kappa shape index (κ1) is 12.9. The highest BCUT2D eigenvalue weighted by atomic mass is 15.5. The number of amidine groups is 1. The van der Waals surface area contributed by atoms with Crippen molar-refractivity contribution in [2.24, 2.45) is 15.2 Å². The Balaban J connectivity index is 1.91. The van der Waals surface area contributed by atoms with E-state index in [1.165, 1.54) is 0 Å². The second kappa shape index (κ2) is 5.41. The predicted molar refractivity (Wildman–Crippen MR) is 74.5 cm³/mol. The van der Waals surface area contributed by atoms with Gasteiger partial charge in [0.2, 0.25) is 24.2 Å². The molecule has 1 atom stereocenters. The quantitative estimate of drug-likeness (QED) is 0.726. The van der Waals surface area contributed by atoms with Gasteiger partial charge in [-0.25, -0.2) is 9.48 Å². The van der Waals surface area contributed by atoms with Crippen LogP contribution in [0, 0.1) is 0 Å². The summed E-state index contributed by atoms with van der Waals surface area (Å²) in [6, 6.07) is 0. The van der Waals surface area contributed by atoms with Crippen molar-refractivity contribution in [2.75, 3.05) is 33.2 Å². The fourth-order valence-corrected chi connectivity index (χ4v) is 2.05. The minimum atomic E-state index is 0.497. The number of hydrogen-bond acceptors (Lipinski definition) is 5. The van der Waals surface area contributed by atoms with Crippen LogP contribution in [0.5, 0.6) is 0 Å². The molecule has 18 heavy (non-hydrogen) atoms. The van der Waals surface area contributed by atoms with Crippen molar-refractivity contribution in [1.29, 1.82) is 0 Å². The van der Waals surface area contributed by atoms with E-state index in [0.29, 0.717) is 4.48 Å². The minimum Gasteiger partial charge on any atom is -0.362 e. The van der Waals surface area contributed by atoms with E-state index in [1.54, 1.807) is 6.34 Å². The monoisotopic (exact) mass is 249 g/mol. The lowest BCUT2D eigenvalue weighted by Crippen LogP contribution is -2.47. The lowest BCUT2D eigenvalue weighted by Gasteiger charge is -2.25. The summed E-state index contributed by atoms with van der Waals surface area (Å²) < 4.78 is 0.497. The number of nitrogens with zero attached hydrogens (tertiary/aromatic N) is 5. The molecule has 0 saturated heterocycles. The third-order valence-electron chi connectivity index (χ3n) is 3.33. The van der Waals surface area contributed by atoms with Gasteiger partial charge in [-0.1, -0.05) is 18.9 Å². The SMILES string of the molecule is CCN(CC)CCNC1=NN=C[N+]2(C)C=NC=C12. The molecular formula is C12H21N6+. The van der Waals surface area contributed by atoms with Crippen molar-refractivity contribution in [2.45, 2.75) is 13.8 Å². The van der Waals surface area contributed by atoms with E-state index >= 15 is 0 Å². The van der Waals surface area contributed by atoms with Crippen molar-refractivity contribution >= 4 is 18.5 Å². The Morgan fingerprint density at radius 2 is 2.06 bits per heavy atom. The van der Waals surface area contributed by atoms with E-state index in [4.69, 9.17) is 0 Å². The smallest absolute Gasteiger partial charge is 0.221 e. The second-order valence-electron chi connectivity index (χ2n) is 4.56. The summed E-state index contributed by atoms with van der Waals surface area (Å²) in [6.45, 7) is 8.37. The average molecular weight is 249 g/mol. The van der Waals surface area contributed by atoms with Gasteiger partial charge in [-0.3, -0.25) is 0 Å². The molecule has 0 spiro atoms. The normalized spacial score (nSPS) is 25.1. The molecule has 6 heteroatoms. The number of hydrogen-bond donors (Lipinski definition) is 1. The molecule has 0 aliphatic carbocycles. The van der Waals surface area contributed by atoms with Crippen molar-refractivity contribution in [1.82, 2.24) is 10.2 Å². The highest BCUT2D eigenvalue weighted by molar-refractivity contribution is 6.01. The van der Waals surface area contributed by atoms with Crippen LogP contribution in [-0.2, 0) is 0 Å². The molecular weight excluding hydrogens is 228 g/mol. The van der Waals surface area contributed by atoms with Gasteiger partial charge in [0.1, 0.15) is 0 Å². The summed E-state index contributed by atoms with van der Waals surface area (Å²) in [5.74, 6) is 0.824. The van der Waals surface area contributed by atoms with E-state index in [9.17, 15) is 0 Å². The third-order valence-corrected chi connectivity index (χ3v) is 3.33. The van der Waals surface area contributed by atoms with Gasteiger partial charge in [0.15, 0.2) is 0 Å². The zero-order chi connectivity index (χ0) is 13.0. The summed E-state index contributed by atoms with van der Waals surface area (Å²) in [5.41, 5.74) is 1.05. The summed E-state index contributed by atoms with van der Waals surface area (Å²) >= 11 is 0. The molecule has 0 aromatic carbocycles. The Labute approximate surface area is 108 Å². The summed E-state index contributed by atoms with van der Waals surface area (Å²) in [6.07, 6.45) is 5.46. The van der Waals surface area contributed by atoms with Gasteiger partial charge >= 0.3 is 0 Å². The Hall–Kier alpha value is -1.53. The standard InChI is InChI=1S/C12H21N6/c1-4-17(5-2)7-6-14-12-11-8-13-9-18(11,3)10-15-16-12/h8-10H,4-7H2,1-3H3,(H,14,16)/q+1. The summed E-state index contributed by atoms with van der Waals surface area (Å²) in [5, 5.41) is 11.5. The molecule has 1 N–H and O–H groups in total. The van der Waals surface area contributed by atoms with Crippen LogP contribution in [0.4, 0.5) is 0 Å². The van der Waals surface area contributed by atoms with Gasteiger partial charge in [0.05, 0.1) is 13.2 Å². The van der Waals surface area contributed by atoms with E-state index in [2.05, 4.69) is 39.3 Å². The molecule has 98 valence electrons. The van der Waals surface area contributed by atoms with Gasteiger partial charge in [0, 0.05) is 13.1 Å². The number of likely N-dealkylation sites (N-methyl/N-ethyl adjacent to an activating group) is 2. The van der Waals surface area contributed by atoms with E-state index in [0.717, 1.165) is 37.7 Å². The fourth-order valence-electron chi connectivity index (χ4n) is 2.05. The molecule has 0 saturated carbocycles. The molecule has 0 aromatic heterocycles. The first-order chi connectivity index (χ1) is 8.69. The van der Waals surface area contributed by atoms with Crippen LogP contribution in [0.2, 0.25) is 0 Å². The molecule has 2 aliphatic heterocycles. The largest absolute Gasteiger partial charge is 0.362 e. The number of rotatable bonds is 5. The first-order valence-electron chi connectivity index (χ1n) is 6.39. The molecule has 2 aliphatic rings. The molecule has 2 heterocycles. The van der Waals surface area contributed by atoms with Gasteiger partial charge < -0.3 is 10.2 Å². The molecule has 0 amide bonds. The Kier molecular flexibility index (Phi) is 3.88. The predicted octanol–water partition coefficient (Wildman–Crippen LogP) is 0.603.